The summed E-state index contributed by atoms with van der Waals surface area (Å²) < 4.78 is 5.46. The summed E-state index contributed by atoms with van der Waals surface area (Å²) in [7, 11) is 0. The lowest BCUT2D eigenvalue weighted by Gasteiger charge is -2.08. The van der Waals surface area contributed by atoms with Crippen LogP contribution in [0.4, 0.5) is 0 Å². The number of hydrogen-bond acceptors (Lipinski definition) is 2. The van der Waals surface area contributed by atoms with Gasteiger partial charge in [-0.05, 0) is 13.3 Å². The highest BCUT2D eigenvalue weighted by Crippen LogP contribution is 2.01. The first-order chi connectivity index (χ1) is 5.31. The smallest absolute Gasteiger partial charge is 0.0634 e. The highest BCUT2D eigenvalue weighted by atomic mass is 32.1. The Hall–Kier alpha value is 0.310. The molecule has 68 valence electrons. The van der Waals surface area contributed by atoms with Crippen LogP contribution in [-0.2, 0) is 4.74 Å². The molecule has 0 aromatic carbocycles. The first-order valence-electron chi connectivity index (χ1n) is 4.53. The van der Waals surface area contributed by atoms with E-state index in [4.69, 9.17) is 4.74 Å². The van der Waals surface area contributed by atoms with Gasteiger partial charge in [0.15, 0.2) is 0 Å². The van der Waals surface area contributed by atoms with Gasteiger partial charge in [0.2, 0.25) is 0 Å². The summed E-state index contributed by atoms with van der Waals surface area (Å²) >= 11 is 4.13. The third kappa shape index (κ3) is 8.21. The van der Waals surface area contributed by atoms with Crippen LogP contribution in [0, 0.1) is 0 Å². The van der Waals surface area contributed by atoms with Crippen LogP contribution >= 0.6 is 12.6 Å². The molecule has 0 heterocycles. The van der Waals surface area contributed by atoms with Crippen molar-refractivity contribution in [3.05, 3.63) is 0 Å². The monoisotopic (exact) mass is 176 g/mol. The second-order valence-electron chi connectivity index (χ2n) is 2.92. The molecule has 0 saturated carbocycles. The zero-order chi connectivity index (χ0) is 8.53. The Kier molecular flexibility index (Phi) is 8.64. The van der Waals surface area contributed by atoms with Crippen LogP contribution in [0.25, 0.3) is 0 Å². The van der Waals surface area contributed by atoms with Gasteiger partial charge in [-0.1, -0.05) is 26.2 Å². The molecule has 0 rings (SSSR count). The standard InChI is InChI=1S/C9H20OS/c1-3-4-5-6-7-10-9(2)8-11/h9,11H,3-8H2,1-2H3. The summed E-state index contributed by atoms with van der Waals surface area (Å²) in [6.45, 7) is 5.19. The lowest BCUT2D eigenvalue weighted by atomic mass is 10.2. The first-order valence-corrected chi connectivity index (χ1v) is 5.17. The minimum Gasteiger partial charge on any atom is -0.378 e. The van der Waals surface area contributed by atoms with Crippen LogP contribution in [0.3, 0.4) is 0 Å². The van der Waals surface area contributed by atoms with E-state index < -0.39 is 0 Å². The molecule has 0 bridgehead atoms. The zero-order valence-corrected chi connectivity index (χ0v) is 8.57. The average molecular weight is 176 g/mol. The molecule has 0 aliphatic rings. The average Bonchev–Trinajstić information content (AvgIpc) is 2.04. The van der Waals surface area contributed by atoms with Gasteiger partial charge in [-0.3, -0.25) is 0 Å². The fraction of sp³-hybridized carbons (Fsp3) is 1.00. The number of rotatable bonds is 7. The molecule has 0 saturated heterocycles. The minimum atomic E-state index is 0.319. The molecule has 0 aliphatic carbocycles. The molecule has 0 aliphatic heterocycles. The number of ether oxygens (including phenoxy) is 1. The SMILES string of the molecule is CCCCCCOC(C)CS. The van der Waals surface area contributed by atoms with E-state index >= 15 is 0 Å². The fourth-order valence-corrected chi connectivity index (χ4v) is 0.971. The fourth-order valence-electron chi connectivity index (χ4n) is 0.866. The molecule has 0 N–H and O–H groups in total. The Morgan fingerprint density at radius 2 is 2.00 bits per heavy atom. The zero-order valence-electron chi connectivity index (χ0n) is 7.68. The van der Waals surface area contributed by atoms with E-state index in [1.54, 1.807) is 0 Å². The van der Waals surface area contributed by atoms with Gasteiger partial charge in [0.05, 0.1) is 6.10 Å². The van der Waals surface area contributed by atoms with Crippen molar-refractivity contribution < 1.29 is 4.74 Å². The predicted molar refractivity (Wildman–Crippen MR) is 53.4 cm³/mol. The molecule has 0 aromatic rings. The summed E-state index contributed by atoms with van der Waals surface area (Å²) in [5, 5.41) is 0. The molecule has 2 heteroatoms. The van der Waals surface area contributed by atoms with Crippen LogP contribution < -0.4 is 0 Å². The van der Waals surface area contributed by atoms with E-state index in [1.165, 1.54) is 25.7 Å². The summed E-state index contributed by atoms with van der Waals surface area (Å²) in [6, 6.07) is 0. The Morgan fingerprint density at radius 1 is 1.27 bits per heavy atom. The maximum absolute atomic E-state index is 5.46. The molecule has 1 unspecified atom stereocenters. The van der Waals surface area contributed by atoms with E-state index in [9.17, 15) is 0 Å². The largest absolute Gasteiger partial charge is 0.378 e. The van der Waals surface area contributed by atoms with Gasteiger partial charge >= 0.3 is 0 Å². The van der Waals surface area contributed by atoms with E-state index in [2.05, 4.69) is 26.5 Å². The summed E-state index contributed by atoms with van der Waals surface area (Å²) in [6.07, 6.45) is 5.45. The second kappa shape index (κ2) is 8.41. The van der Waals surface area contributed by atoms with Crippen LogP contribution in [0.5, 0.6) is 0 Å². The lowest BCUT2D eigenvalue weighted by Crippen LogP contribution is -2.10. The van der Waals surface area contributed by atoms with Crippen LogP contribution in [-0.4, -0.2) is 18.5 Å². The van der Waals surface area contributed by atoms with Gasteiger partial charge in [0.25, 0.3) is 0 Å². The third-order valence-corrected chi connectivity index (χ3v) is 2.17. The van der Waals surface area contributed by atoms with Crippen molar-refractivity contribution in [1.82, 2.24) is 0 Å². The van der Waals surface area contributed by atoms with Crippen molar-refractivity contribution in [2.24, 2.45) is 0 Å². The van der Waals surface area contributed by atoms with Crippen molar-refractivity contribution in [3.63, 3.8) is 0 Å². The number of unbranched alkanes of at least 4 members (excludes halogenated alkanes) is 3. The van der Waals surface area contributed by atoms with E-state index in [0.29, 0.717) is 6.10 Å². The van der Waals surface area contributed by atoms with Crippen molar-refractivity contribution in [3.8, 4) is 0 Å². The van der Waals surface area contributed by atoms with Crippen LogP contribution in [0.15, 0.2) is 0 Å². The van der Waals surface area contributed by atoms with Crippen molar-refractivity contribution in [1.29, 1.82) is 0 Å². The van der Waals surface area contributed by atoms with Crippen molar-refractivity contribution in [2.75, 3.05) is 12.4 Å². The van der Waals surface area contributed by atoms with Gasteiger partial charge in [-0.15, -0.1) is 0 Å². The topological polar surface area (TPSA) is 9.23 Å². The van der Waals surface area contributed by atoms with Crippen molar-refractivity contribution in [2.45, 2.75) is 45.6 Å². The lowest BCUT2D eigenvalue weighted by molar-refractivity contribution is 0.0790. The molecule has 0 amide bonds. The van der Waals surface area contributed by atoms with Crippen LogP contribution in [0.1, 0.15) is 39.5 Å². The molecule has 0 fully saturated rings. The van der Waals surface area contributed by atoms with Gasteiger partial charge in [0, 0.05) is 12.4 Å². The van der Waals surface area contributed by atoms with E-state index in [1.807, 2.05) is 0 Å². The highest BCUT2D eigenvalue weighted by molar-refractivity contribution is 7.80. The van der Waals surface area contributed by atoms with E-state index in [-0.39, 0.29) is 0 Å². The first kappa shape index (κ1) is 11.3. The Balaban J connectivity index is 2.89. The quantitative estimate of drug-likeness (QED) is 0.463. The predicted octanol–water partition coefficient (Wildman–Crippen LogP) is 2.90. The van der Waals surface area contributed by atoms with Gasteiger partial charge in [-0.25, -0.2) is 0 Å². The molecule has 11 heavy (non-hydrogen) atoms. The molecular weight excluding hydrogens is 156 g/mol. The highest BCUT2D eigenvalue weighted by Gasteiger charge is 1.96. The van der Waals surface area contributed by atoms with E-state index in [0.717, 1.165) is 12.4 Å². The number of hydrogen-bond donors (Lipinski definition) is 1. The molecule has 0 aromatic heterocycles. The van der Waals surface area contributed by atoms with Gasteiger partial charge in [0.1, 0.15) is 0 Å². The summed E-state index contributed by atoms with van der Waals surface area (Å²) in [5.41, 5.74) is 0. The minimum absolute atomic E-state index is 0.319. The summed E-state index contributed by atoms with van der Waals surface area (Å²) in [4.78, 5) is 0. The maximum Gasteiger partial charge on any atom is 0.0634 e. The molecule has 1 atom stereocenters. The molecular formula is C9H20OS. The Labute approximate surface area is 75.9 Å². The number of thiol groups is 1. The van der Waals surface area contributed by atoms with Crippen molar-refractivity contribution >= 4 is 12.6 Å². The molecule has 0 radical (unpaired) electrons. The Bertz CT molecular complexity index is 76.0. The second-order valence-corrected chi connectivity index (χ2v) is 3.29. The molecule has 1 nitrogen and oxygen atoms in total. The normalized spacial score (nSPS) is 13.4. The molecule has 0 spiro atoms. The summed E-state index contributed by atoms with van der Waals surface area (Å²) in [5.74, 6) is 0.827. The van der Waals surface area contributed by atoms with Gasteiger partial charge in [-0.2, -0.15) is 12.6 Å². The Morgan fingerprint density at radius 3 is 2.55 bits per heavy atom. The van der Waals surface area contributed by atoms with Gasteiger partial charge < -0.3 is 4.74 Å². The maximum atomic E-state index is 5.46. The van der Waals surface area contributed by atoms with Crippen LogP contribution in [0.2, 0.25) is 0 Å². The third-order valence-electron chi connectivity index (χ3n) is 1.66.